The third-order valence-electron chi connectivity index (χ3n) is 1.63. The summed E-state index contributed by atoms with van der Waals surface area (Å²) in [6.07, 6.45) is 0.755. The molecule has 0 saturated heterocycles. The Bertz CT molecular complexity index is 183. The van der Waals surface area contributed by atoms with Crippen LogP contribution in [0.25, 0.3) is 0 Å². The second-order valence-electron chi connectivity index (χ2n) is 2.62. The molecule has 1 N–H and O–H groups in total. The standard InChI is InChI=1S/C8H15NO2/c1-5-7(9(3)4)6(2)8(10)11/h5H2,1-4H3,(H,10,11). The number of hydrogen-bond donors (Lipinski definition) is 1. The average Bonchev–Trinajstić information content (AvgIpc) is 1.88. The summed E-state index contributed by atoms with van der Waals surface area (Å²) in [5.74, 6) is -0.837. The minimum absolute atomic E-state index is 0.428. The Hall–Kier alpha value is -0.990. The van der Waals surface area contributed by atoms with E-state index >= 15 is 0 Å². The molecule has 0 unspecified atom stereocenters. The van der Waals surface area contributed by atoms with Crippen molar-refractivity contribution >= 4 is 5.97 Å². The Balaban J connectivity index is 4.68. The van der Waals surface area contributed by atoms with Crippen LogP contribution in [0.1, 0.15) is 20.3 Å². The van der Waals surface area contributed by atoms with Gasteiger partial charge in [0.1, 0.15) is 0 Å². The van der Waals surface area contributed by atoms with Crippen molar-refractivity contribution in [1.82, 2.24) is 4.90 Å². The molecule has 0 bridgehead atoms. The van der Waals surface area contributed by atoms with Gasteiger partial charge in [0.15, 0.2) is 0 Å². The number of allylic oxidation sites excluding steroid dienone is 1. The molecule has 0 aromatic heterocycles. The summed E-state index contributed by atoms with van der Waals surface area (Å²) in [6, 6.07) is 0. The van der Waals surface area contributed by atoms with Crippen molar-refractivity contribution in [3.63, 3.8) is 0 Å². The molecule has 0 atom stereocenters. The van der Waals surface area contributed by atoms with Gasteiger partial charge in [0.2, 0.25) is 0 Å². The van der Waals surface area contributed by atoms with E-state index < -0.39 is 5.97 Å². The molecular formula is C8H15NO2. The highest BCUT2D eigenvalue weighted by molar-refractivity contribution is 5.86. The van der Waals surface area contributed by atoms with E-state index in [0.29, 0.717) is 5.57 Å². The zero-order chi connectivity index (χ0) is 9.02. The van der Waals surface area contributed by atoms with Crippen LogP contribution in [0.3, 0.4) is 0 Å². The molecule has 0 aliphatic carbocycles. The maximum Gasteiger partial charge on any atom is 0.333 e. The lowest BCUT2D eigenvalue weighted by Gasteiger charge is -2.17. The number of hydrogen-bond acceptors (Lipinski definition) is 2. The second-order valence-corrected chi connectivity index (χ2v) is 2.62. The van der Waals surface area contributed by atoms with Gasteiger partial charge in [-0.05, 0) is 13.3 Å². The smallest absolute Gasteiger partial charge is 0.333 e. The van der Waals surface area contributed by atoms with Crippen LogP contribution in [0, 0.1) is 0 Å². The third kappa shape index (κ3) is 2.62. The molecule has 0 heterocycles. The molecule has 3 nitrogen and oxygen atoms in total. The first kappa shape index (κ1) is 10.0. The van der Waals surface area contributed by atoms with Gasteiger partial charge in [-0.2, -0.15) is 0 Å². The van der Waals surface area contributed by atoms with Crippen LogP contribution in [0.4, 0.5) is 0 Å². The van der Waals surface area contributed by atoms with Crippen molar-refractivity contribution in [2.24, 2.45) is 0 Å². The molecule has 0 fully saturated rings. The maximum absolute atomic E-state index is 10.5. The zero-order valence-corrected chi connectivity index (χ0v) is 7.51. The number of carbonyl (C=O) groups is 1. The topological polar surface area (TPSA) is 40.5 Å². The van der Waals surface area contributed by atoms with Crippen LogP contribution in [-0.4, -0.2) is 30.1 Å². The Labute approximate surface area is 67.3 Å². The lowest BCUT2D eigenvalue weighted by Crippen LogP contribution is -2.15. The van der Waals surface area contributed by atoms with Gasteiger partial charge in [0, 0.05) is 19.8 Å². The number of nitrogens with zero attached hydrogens (tertiary/aromatic N) is 1. The van der Waals surface area contributed by atoms with Gasteiger partial charge in [-0.15, -0.1) is 0 Å². The van der Waals surface area contributed by atoms with Crippen LogP contribution in [-0.2, 0) is 4.79 Å². The first-order chi connectivity index (χ1) is 5.00. The summed E-state index contributed by atoms with van der Waals surface area (Å²) in [6.45, 7) is 3.57. The van der Waals surface area contributed by atoms with Gasteiger partial charge in [-0.25, -0.2) is 4.79 Å². The summed E-state index contributed by atoms with van der Waals surface area (Å²) in [4.78, 5) is 12.4. The Morgan fingerprint density at radius 1 is 1.45 bits per heavy atom. The van der Waals surface area contributed by atoms with E-state index in [1.807, 2.05) is 25.9 Å². The fourth-order valence-electron chi connectivity index (χ4n) is 1.04. The SMILES string of the molecule is CCC(=C(C)C(=O)O)N(C)C. The fraction of sp³-hybridized carbons (Fsp3) is 0.625. The predicted molar refractivity (Wildman–Crippen MR) is 44.3 cm³/mol. The van der Waals surface area contributed by atoms with Crippen LogP contribution < -0.4 is 0 Å². The van der Waals surface area contributed by atoms with Gasteiger partial charge in [-0.1, -0.05) is 6.92 Å². The summed E-state index contributed by atoms with van der Waals surface area (Å²) in [5, 5.41) is 8.65. The van der Waals surface area contributed by atoms with E-state index in [-0.39, 0.29) is 0 Å². The molecule has 0 radical (unpaired) electrons. The van der Waals surface area contributed by atoms with E-state index in [1.54, 1.807) is 6.92 Å². The Kier molecular flexibility index (Phi) is 3.65. The summed E-state index contributed by atoms with van der Waals surface area (Å²) >= 11 is 0. The molecule has 0 saturated carbocycles. The van der Waals surface area contributed by atoms with Crippen molar-refractivity contribution in [2.75, 3.05) is 14.1 Å². The lowest BCUT2D eigenvalue weighted by atomic mass is 10.2. The highest BCUT2D eigenvalue weighted by Crippen LogP contribution is 2.10. The third-order valence-corrected chi connectivity index (χ3v) is 1.63. The normalized spacial score (nSPS) is 12.4. The van der Waals surface area contributed by atoms with Crippen LogP contribution in [0.2, 0.25) is 0 Å². The van der Waals surface area contributed by atoms with E-state index in [9.17, 15) is 4.79 Å². The van der Waals surface area contributed by atoms with Gasteiger partial charge in [-0.3, -0.25) is 0 Å². The van der Waals surface area contributed by atoms with E-state index in [0.717, 1.165) is 12.1 Å². The molecule has 0 spiro atoms. The highest BCUT2D eigenvalue weighted by atomic mass is 16.4. The molecule has 0 aliphatic rings. The second kappa shape index (κ2) is 4.01. The summed E-state index contributed by atoms with van der Waals surface area (Å²) in [5.41, 5.74) is 1.30. The van der Waals surface area contributed by atoms with E-state index in [1.165, 1.54) is 0 Å². The average molecular weight is 157 g/mol. The minimum atomic E-state index is -0.837. The monoisotopic (exact) mass is 157 g/mol. The quantitative estimate of drug-likeness (QED) is 0.628. The molecule has 64 valence electrons. The number of carboxylic acid groups (broad SMARTS) is 1. The molecular weight excluding hydrogens is 142 g/mol. The highest BCUT2D eigenvalue weighted by Gasteiger charge is 2.08. The predicted octanol–water partition coefficient (Wildman–Crippen LogP) is 1.32. The zero-order valence-electron chi connectivity index (χ0n) is 7.51. The fourth-order valence-corrected chi connectivity index (χ4v) is 1.04. The van der Waals surface area contributed by atoms with Crippen LogP contribution in [0.5, 0.6) is 0 Å². The largest absolute Gasteiger partial charge is 0.478 e. The van der Waals surface area contributed by atoms with Crippen LogP contribution in [0.15, 0.2) is 11.3 Å². The van der Waals surface area contributed by atoms with Crippen molar-refractivity contribution < 1.29 is 9.90 Å². The maximum atomic E-state index is 10.5. The van der Waals surface area contributed by atoms with Crippen molar-refractivity contribution in [3.05, 3.63) is 11.3 Å². The van der Waals surface area contributed by atoms with Gasteiger partial charge < -0.3 is 10.0 Å². The molecule has 0 aliphatic heterocycles. The number of rotatable bonds is 3. The van der Waals surface area contributed by atoms with Gasteiger partial charge >= 0.3 is 5.97 Å². The molecule has 0 amide bonds. The molecule has 3 heteroatoms. The minimum Gasteiger partial charge on any atom is -0.478 e. The van der Waals surface area contributed by atoms with E-state index in [2.05, 4.69) is 0 Å². The first-order valence-electron chi connectivity index (χ1n) is 3.61. The molecule has 11 heavy (non-hydrogen) atoms. The van der Waals surface area contributed by atoms with Gasteiger partial charge in [0.25, 0.3) is 0 Å². The van der Waals surface area contributed by atoms with Gasteiger partial charge in [0.05, 0.1) is 5.57 Å². The molecule has 0 aromatic carbocycles. The van der Waals surface area contributed by atoms with Crippen molar-refractivity contribution in [3.8, 4) is 0 Å². The van der Waals surface area contributed by atoms with E-state index in [4.69, 9.17) is 5.11 Å². The Morgan fingerprint density at radius 3 is 2.00 bits per heavy atom. The molecule has 0 rings (SSSR count). The summed E-state index contributed by atoms with van der Waals surface area (Å²) in [7, 11) is 3.70. The lowest BCUT2D eigenvalue weighted by molar-refractivity contribution is -0.132. The van der Waals surface area contributed by atoms with Crippen LogP contribution >= 0.6 is 0 Å². The number of aliphatic carboxylic acids is 1. The molecule has 0 aromatic rings. The van der Waals surface area contributed by atoms with Crippen molar-refractivity contribution in [1.29, 1.82) is 0 Å². The van der Waals surface area contributed by atoms with Crippen molar-refractivity contribution in [2.45, 2.75) is 20.3 Å². The first-order valence-corrected chi connectivity index (χ1v) is 3.61. The summed E-state index contributed by atoms with van der Waals surface area (Å²) < 4.78 is 0. The Morgan fingerprint density at radius 2 is 1.91 bits per heavy atom. The number of carboxylic acids is 1.